The number of benzene rings is 2. The van der Waals surface area contributed by atoms with Crippen molar-refractivity contribution in [1.82, 2.24) is 4.98 Å². The van der Waals surface area contributed by atoms with Gasteiger partial charge in [-0.2, -0.15) is 0 Å². The van der Waals surface area contributed by atoms with Crippen LogP contribution in [-0.4, -0.2) is 30.0 Å². The lowest BCUT2D eigenvalue weighted by atomic mass is 10.1. The highest BCUT2D eigenvalue weighted by atomic mass is 35.5. The van der Waals surface area contributed by atoms with E-state index in [-0.39, 0.29) is 10.7 Å². The van der Waals surface area contributed by atoms with E-state index < -0.39 is 10.8 Å². The summed E-state index contributed by atoms with van der Waals surface area (Å²) in [6, 6.07) is 9.64. The van der Waals surface area contributed by atoms with Crippen molar-refractivity contribution < 1.29 is 19.2 Å². The molecule has 2 aromatic carbocycles. The summed E-state index contributed by atoms with van der Waals surface area (Å²) in [4.78, 5) is 27.0. The molecule has 0 fully saturated rings. The Labute approximate surface area is 180 Å². The molecule has 0 aliphatic rings. The molecule has 0 radical (unpaired) electrons. The number of carbonyl (C=O) groups excluding carboxylic acids is 1. The Morgan fingerprint density at radius 2 is 2.03 bits per heavy atom. The monoisotopic (exact) mass is 445 g/mol. The van der Waals surface area contributed by atoms with Gasteiger partial charge in [-0.25, -0.2) is 4.98 Å². The van der Waals surface area contributed by atoms with Crippen molar-refractivity contribution >= 4 is 45.7 Å². The number of methoxy groups -OCH3 is 2. The Morgan fingerprint density at radius 1 is 1.23 bits per heavy atom. The van der Waals surface area contributed by atoms with Crippen LogP contribution in [0.4, 0.5) is 10.8 Å². The fraction of sp³-hybridized carbons (Fsp3) is 0.100. The van der Waals surface area contributed by atoms with Crippen molar-refractivity contribution in [3.8, 4) is 22.8 Å². The number of thiazole rings is 1. The number of hydrogen-bond acceptors (Lipinski definition) is 7. The third-order valence-corrected chi connectivity index (χ3v) is 5.09. The second-order valence-corrected chi connectivity index (χ2v) is 7.16. The molecule has 8 nitrogen and oxygen atoms in total. The molecule has 0 bridgehead atoms. The minimum absolute atomic E-state index is 0.0323. The summed E-state index contributed by atoms with van der Waals surface area (Å²) in [5.74, 6) is 0.860. The summed E-state index contributed by atoms with van der Waals surface area (Å²) in [5.41, 5.74) is 1.61. The van der Waals surface area contributed by atoms with Gasteiger partial charge in [0, 0.05) is 23.1 Å². The van der Waals surface area contributed by atoms with Crippen molar-refractivity contribution in [2.45, 2.75) is 0 Å². The highest BCUT2D eigenvalue weighted by Gasteiger charge is 2.13. The van der Waals surface area contributed by atoms with Crippen LogP contribution in [0, 0.1) is 10.1 Å². The van der Waals surface area contributed by atoms with Gasteiger partial charge in [0.1, 0.15) is 16.5 Å². The molecule has 1 N–H and O–H groups in total. The first-order valence-corrected chi connectivity index (χ1v) is 9.78. The van der Waals surface area contributed by atoms with Crippen molar-refractivity contribution in [2.24, 2.45) is 0 Å². The number of halogens is 1. The summed E-state index contributed by atoms with van der Waals surface area (Å²) in [7, 11) is 3.13. The Morgan fingerprint density at radius 3 is 2.73 bits per heavy atom. The lowest BCUT2D eigenvalue weighted by Gasteiger charge is -2.08. The maximum Gasteiger partial charge on any atom is 0.288 e. The van der Waals surface area contributed by atoms with Crippen LogP contribution in [-0.2, 0) is 4.79 Å². The average Bonchev–Trinajstić information content (AvgIpc) is 3.20. The SMILES string of the molecule is COc1ccc(OC)c(-c2csc(NC(=O)/C=C/c3ccc(Cl)c([N+](=O)[O-])c3)n2)c1. The van der Waals surface area contributed by atoms with Crippen LogP contribution >= 0.6 is 22.9 Å². The molecule has 3 rings (SSSR count). The number of nitrogens with zero attached hydrogens (tertiary/aromatic N) is 2. The van der Waals surface area contributed by atoms with Crippen LogP contribution in [0.15, 0.2) is 47.9 Å². The van der Waals surface area contributed by atoms with Crippen LogP contribution in [0.1, 0.15) is 5.56 Å². The topological polar surface area (TPSA) is 104 Å². The summed E-state index contributed by atoms with van der Waals surface area (Å²) in [5, 5.41) is 15.8. The van der Waals surface area contributed by atoms with Gasteiger partial charge in [0.25, 0.3) is 5.69 Å². The normalized spacial score (nSPS) is 10.8. The molecule has 3 aromatic rings. The first-order valence-electron chi connectivity index (χ1n) is 8.52. The number of aromatic nitrogens is 1. The number of ether oxygens (including phenoxy) is 2. The lowest BCUT2D eigenvalue weighted by Crippen LogP contribution is -2.07. The summed E-state index contributed by atoms with van der Waals surface area (Å²) < 4.78 is 10.6. The van der Waals surface area contributed by atoms with E-state index in [0.717, 1.165) is 5.56 Å². The predicted octanol–water partition coefficient (Wildman–Crippen LogP) is 5.04. The molecule has 30 heavy (non-hydrogen) atoms. The molecule has 0 saturated carbocycles. The molecule has 0 aliphatic heterocycles. The van der Waals surface area contributed by atoms with Gasteiger partial charge in [0.2, 0.25) is 5.91 Å². The van der Waals surface area contributed by atoms with E-state index in [9.17, 15) is 14.9 Å². The van der Waals surface area contributed by atoms with Gasteiger partial charge in [-0.05, 0) is 35.9 Å². The minimum Gasteiger partial charge on any atom is -0.497 e. The highest BCUT2D eigenvalue weighted by molar-refractivity contribution is 7.14. The number of nitro groups is 1. The smallest absolute Gasteiger partial charge is 0.288 e. The fourth-order valence-corrected chi connectivity index (χ4v) is 3.46. The number of hydrogen-bond donors (Lipinski definition) is 1. The molecule has 0 saturated heterocycles. The zero-order valence-electron chi connectivity index (χ0n) is 15.9. The van der Waals surface area contributed by atoms with E-state index in [1.54, 1.807) is 43.9 Å². The van der Waals surface area contributed by atoms with Gasteiger partial charge in [0.05, 0.1) is 24.8 Å². The summed E-state index contributed by atoms with van der Waals surface area (Å²) in [6.45, 7) is 0. The molecule has 1 aromatic heterocycles. The third-order valence-electron chi connectivity index (χ3n) is 4.01. The van der Waals surface area contributed by atoms with E-state index in [4.69, 9.17) is 21.1 Å². The maximum absolute atomic E-state index is 12.2. The van der Waals surface area contributed by atoms with Gasteiger partial charge < -0.3 is 9.47 Å². The second kappa shape index (κ2) is 9.38. The van der Waals surface area contributed by atoms with Gasteiger partial charge in [-0.3, -0.25) is 20.2 Å². The largest absolute Gasteiger partial charge is 0.497 e. The van der Waals surface area contributed by atoms with E-state index in [0.29, 0.717) is 27.9 Å². The fourth-order valence-electron chi connectivity index (χ4n) is 2.56. The van der Waals surface area contributed by atoms with Crippen LogP contribution < -0.4 is 14.8 Å². The molecule has 0 spiro atoms. The van der Waals surface area contributed by atoms with Crippen molar-refractivity contribution in [3.05, 3.63) is 68.6 Å². The van der Waals surface area contributed by atoms with Gasteiger partial charge in [0.15, 0.2) is 5.13 Å². The van der Waals surface area contributed by atoms with Crippen LogP contribution in [0.5, 0.6) is 11.5 Å². The van der Waals surface area contributed by atoms with E-state index in [1.165, 1.54) is 35.6 Å². The van der Waals surface area contributed by atoms with Crippen LogP contribution in [0.3, 0.4) is 0 Å². The number of amides is 1. The van der Waals surface area contributed by atoms with Gasteiger partial charge in [-0.15, -0.1) is 11.3 Å². The standard InChI is InChI=1S/C20H16ClN3O5S/c1-28-13-5-7-18(29-2)14(10-13)16-11-30-20(22-16)23-19(25)8-4-12-3-6-15(21)17(9-12)24(26)27/h3-11H,1-2H3,(H,22,23,25)/b8-4+. The number of nitro benzene ring substituents is 1. The zero-order valence-corrected chi connectivity index (χ0v) is 17.5. The Balaban J connectivity index is 1.74. The number of rotatable bonds is 7. The molecular weight excluding hydrogens is 430 g/mol. The summed E-state index contributed by atoms with van der Waals surface area (Å²) in [6.07, 6.45) is 2.72. The molecule has 10 heteroatoms. The third kappa shape index (κ3) is 4.94. The van der Waals surface area contributed by atoms with Crippen molar-refractivity contribution in [3.63, 3.8) is 0 Å². The molecule has 154 valence electrons. The van der Waals surface area contributed by atoms with Crippen molar-refractivity contribution in [1.29, 1.82) is 0 Å². The van der Waals surface area contributed by atoms with Crippen LogP contribution in [0.25, 0.3) is 17.3 Å². The van der Waals surface area contributed by atoms with Gasteiger partial charge in [-0.1, -0.05) is 17.7 Å². The van der Waals surface area contributed by atoms with Crippen molar-refractivity contribution in [2.75, 3.05) is 19.5 Å². The molecule has 1 amide bonds. The first-order chi connectivity index (χ1) is 14.4. The van der Waals surface area contributed by atoms with Crippen LogP contribution in [0.2, 0.25) is 5.02 Å². The second-order valence-electron chi connectivity index (χ2n) is 5.89. The van der Waals surface area contributed by atoms with E-state index in [1.807, 2.05) is 0 Å². The maximum atomic E-state index is 12.2. The molecule has 0 atom stereocenters. The highest BCUT2D eigenvalue weighted by Crippen LogP contribution is 2.35. The average molecular weight is 446 g/mol. The lowest BCUT2D eigenvalue weighted by molar-refractivity contribution is -0.384. The number of carbonyl (C=O) groups is 1. The Bertz CT molecular complexity index is 1130. The summed E-state index contributed by atoms with van der Waals surface area (Å²) >= 11 is 7.04. The Hall–Kier alpha value is -3.43. The minimum atomic E-state index is -0.580. The molecule has 1 heterocycles. The molecule has 0 aliphatic carbocycles. The van der Waals surface area contributed by atoms with E-state index >= 15 is 0 Å². The first kappa shape index (κ1) is 21.3. The zero-order chi connectivity index (χ0) is 21.7. The predicted molar refractivity (Wildman–Crippen MR) is 116 cm³/mol. The van der Waals surface area contributed by atoms with Gasteiger partial charge >= 0.3 is 0 Å². The quantitative estimate of drug-likeness (QED) is 0.310. The number of anilines is 1. The molecule has 0 unspecified atom stereocenters. The Kier molecular flexibility index (Phi) is 6.65. The van der Waals surface area contributed by atoms with E-state index in [2.05, 4.69) is 10.3 Å². The number of nitrogens with one attached hydrogen (secondary N) is 1. The molecular formula is C20H16ClN3O5S.